The molecule has 0 spiro atoms. The van der Waals surface area contributed by atoms with Gasteiger partial charge in [0.05, 0.1) is 30.4 Å². The second-order valence-electron chi connectivity index (χ2n) is 6.65. The maximum absolute atomic E-state index is 12.8. The molecule has 3 rings (SSSR count). The zero-order valence-electron chi connectivity index (χ0n) is 16.8. The van der Waals surface area contributed by atoms with E-state index in [-0.39, 0.29) is 22.2 Å². The van der Waals surface area contributed by atoms with E-state index in [0.29, 0.717) is 28.0 Å². The summed E-state index contributed by atoms with van der Waals surface area (Å²) < 4.78 is 10.5. The SMILES string of the molecule is COc1cc2cc(C(=O)Nc3cc(C(=O)N(C)C)ccc3Cl)c(=O)[nH]c2cc1OC. The maximum Gasteiger partial charge on any atom is 0.261 e. The molecule has 2 N–H and O–H groups in total. The topological polar surface area (TPSA) is 101 Å². The predicted octanol–water partition coefficient (Wildman–Crippen LogP) is 3.15. The van der Waals surface area contributed by atoms with Crippen LogP contribution >= 0.6 is 11.6 Å². The number of ether oxygens (including phenoxy) is 2. The first-order valence-electron chi connectivity index (χ1n) is 8.86. The molecule has 30 heavy (non-hydrogen) atoms. The number of carbonyl (C=O) groups excluding carboxylic acids is 2. The van der Waals surface area contributed by atoms with Crippen molar-refractivity contribution in [3.63, 3.8) is 0 Å². The molecule has 2 aromatic carbocycles. The van der Waals surface area contributed by atoms with Gasteiger partial charge in [-0.2, -0.15) is 0 Å². The summed E-state index contributed by atoms with van der Waals surface area (Å²) >= 11 is 6.16. The summed E-state index contributed by atoms with van der Waals surface area (Å²) in [6.07, 6.45) is 0. The minimum absolute atomic E-state index is 0.116. The smallest absolute Gasteiger partial charge is 0.261 e. The number of halogens is 1. The van der Waals surface area contributed by atoms with Crippen molar-refractivity contribution in [2.75, 3.05) is 33.6 Å². The van der Waals surface area contributed by atoms with E-state index in [1.54, 1.807) is 32.3 Å². The van der Waals surface area contributed by atoms with Crippen LogP contribution < -0.4 is 20.3 Å². The standard InChI is InChI=1S/C21H20ClN3O5/c1-25(2)21(28)11-5-6-14(22)16(8-11)24-20(27)13-7-12-9-17(29-3)18(30-4)10-15(12)23-19(13)26/h5-10H,1-4H3,(H,23,26)(H,24,27). The molecule has 0 saturated carbocycles. The van der Waals surface area contributed by atoms with Crippen LogP contribution in [0.3, 0.4) is 0 Å². The highest BCUT2D eigenvalue weighted by Gasteiger charge is 2.17. The average molecular weight is 430 g/mol. The molecular formula is C21H20ClN3O5. The van der Waals surface area contributed by atoms with Crippen molar-refractivity contribution in [2.24, 2.45) is 0 Å². The molecule has 0 unspecified atom stereocenters. The number of fused-ring (bicyclic) bond motifs is 1. The molecule has 0 aliphatic rings. The zero-order valence-corrected chi connectivity index (χ0v) is 17.6. The molecule has 156 valence electrons. The first-order chi connectivity index (χ1) is 14.2. The zero-order chi connectivity index (χ0) is 22.0. The summed E-state index contributed by atoms with van der Waals surface area (Å²) in [5.74, 6) is 0.00408. The van der Waals surface area contributed by atoms with Gasteiger partial charge >= 0.3 is 0 Å². The van der Waals surface area contributed by atoms with E-state index >= 15 is 0 Å². The molecular weight excluding hydrogens is 410 g/mol. The average Bonchev–Trinajstić information content (AvgIpc) is 2.73. The lowest BCUT2D eigenvalue weighted by Gasteiger charge is -2.13. The summed E-state index contributed by atoms with van der Waals surface area (Å²) in [4.78, 5) is 41.5. The highest BCUT2D eigenvalue weighted by atomic mass is 35.5. The van der Waals surface area contributed by atoms with Crippen LogP contribution in [-0.4, -0.2) is 50.0 Å². The molecule has 1 heterocycles. The predicted molar refractivity (Wildman–Crippen MR) is 115 cm³/mol. The van der Waals surface area contributed by atoms with Crippen LogP contribution in [0.4, 0.5) is 5.69 Å². The molecule has 8 nitrogen and oxygen atoms in total. The van der Waals surface area contributed by atoms with Gasteiger partial charge in [0, 0.05) is 31.1 Å². The summed E-state index contributed by atoms with van der Waals surface area (Å²) in [6.45, 7) is 0. The van der Waals surface area contributed by atoms with E-state index in [1.165, 1.54) is 37.3 Å². The number of nitrogens with one attached hydrogen (secondary N) is 2. The van der Waals surface area contributed by atoms with Crippen LogP contribution in [0, 0.1) is 0 Å². The number of benzene rings is 2. The minimum atomic E-state index is -0.663. The van der Waals surface area contributed by atoms with Gasteiger partial charge in [-0.25, -0.2) is 0 Å². The van der Waals surface area contributed by atoms with Crippen LogP contribution in [0.25, 0.3) is 10.9 Å². The Morgan fingerprint density at radius 1 is 1.03 bits per heavy atom. The molecule has 1 aromatic heterocycles. The largest absolute Gasteiger partial charge is 0.493 e. The Labute approximate surface area is 177 Å². The highest BCUT2D eigenvalue weighted by Crippen LogP contribution is 2.31. The molecule has 2 amide bonds. The summed E-state index contributed by atoms with van der Waals surface area (Å²) in [7, 11) is 6.22. The lowest BCUT2D eigenvalue weighted by Crippen LogP contribution is -2.24. The second-order valence-corrected chi connectivity index (χ2v) is 7.06. The number of anilines is 1. The van der Waals surface area contributed by atoms with Gasteiger partial charge in [-0.05, 0) is 30.3 Å². The quantitative estimate of drug-likeness (QED) is 0.648. The van der Waals surface area contributed by atoms with Crippen molar-refractivity contribution in [1.82, 2.24) is 9.88 Å². The van der Waals surface area contributed by atoms with Crippen molar-refractivity contribution in [3.8, 4) is 11.5 Å². The molecule has 0 radical (unpaired) electrons. The van der Waals surface area contributed by atoms with Crippen molar-refractivity contribution < 1.29 is 19.1 Å². The van der Waals surface area contributed by atoms with Crippen LogP contribution in [0.1, 0.15) is 20.7 Å². The van der Waals surface area contributed by atoms with E-state index in [0.717, 1.165) is 0 Å². The molecule has 0 aliphatic carbocycles. The lowest BCUT2D eigenvalue weighted by molar-refractivity contribution is 0.0827. The number of hydrogen-bond acceptors (Lipinski definition) is 5. The number of methoxy groups -OCH3 is 2. The van der Waals surface area contributed by atoms with Crippen molar-refractivity contribution in [1.29, 1.82) is 0 Å². The van der Waals surface area contributed by atoms with Crippen LogP contribution in [0.2, 0.25) is 5.02 Å². The number of rotatable bonds is 5. The number of aromatic amines is 1. The molecule has 0 saturated heterocycles. The lowest BCUT2D eigenvalue weighted by atomic mass is 10.1. The Hall–Kier alpha value is -3.52. The summed E-state index contributed by atoms with van der Waals surface area (Å²) in [5, 5.41) is 3.42. The van der Waals surface area contributed by atoms with Gasteiger partial charge in [0.15, 0.2) is 11.5 Å². The van der Waals surface area contributed by atoms with E-state index in [9.17, 15) is 14.4 Å². The third kappa shape index (κ3) is 4.08. The van der Waals surface area contributed by atoms with E-state index < -0.39 is 11.5 Å². The van der Waals surface area contributed by atoms with Gasteiger partial charge in [0.2, 0.25) is 0 Å². The minimum Gasteiger partial charge on any atom is -0.493 e. The van der Waals surface area contributed by atoms with Gasteiger partial charge in [-0.15, -0.1) is 0 Å². The van der Waals surface area contributed by atoms with Crippen molar-refractivity contribution in [3.05, 3.63) is 62.9 Å². The Balaban J connectivity index is 1.99. The second kappa shape index (κ2) is 8.46. The third-order valence-electron chi connectivity index (χ3n) is 4.46. The Kier molecular flexibility index (Phi) is 5.98. The molecule has 0 bridgehead atoms. The first kappa shape index (κ1) is 21.2. The fourth-order valence-corrected chi connectivity index (χ4v) is 3.07. The van der Waals surface area contributed by atoms with E-state index in [4.69, 9.17) is 21.1 Å². The highest BCUT2D eigenvalue weighted by molar-refractivity contribution is 6.34. The monoisotopic (exact) mass is 429 g/mol. The van der Waals surface area contributed by atoms with Crippen LogP contribution in [-0.2, 0) is 0 Å². The van der Waals surface area contributed by atoms with E-state index in [1.807, 2.05) is 0 Å². The van der Waals surface area contributed by atoms with Gasteiger partial charge in [0.1, 0.15) is 5.56 Å². The Morgan fingerprint density at radius 2 is 1.70 bits per heavy atom. The van der Waals surface area contributed by atoms with Gasteiger partial charge in [-0.3, -0.25) is 14.4 Å². The third-order valence-corrected chi connectivity index (χ3v) is 4.79. The number of H-pyrrole nitrogens is 1. The van der Waals surface area contributed by atoms with Gasteiger partial charge in [0.25, 0.3) is 17.4 Å². The normalized spacial score (nSPS) is 10.6. The van der Waals surface area contributed by atoms with Crippen LogP contribution in [0.15, 0.2) is 41.2 Å². The van der Waals surface area contributed by atoms with Gasteiger partial charge in [-0.1, -0.05) is 11.6 Å². The number of amides is 2. The summed E-state index contributed by atoms with van der Waals surface area (Å²) in [6, 6.07) is 9.26. The number of pyridine rings is 1. The molecule has 0 aliphatic heterocycles. The number of hydrogen-bond donors (Lipinski definition) is 2. The molecule has 0 fully saturated rings. The number of carbonyl (C=O) groups is 2. The molecule has 3 aromatic rings. The van der Waals surface area contributed by atoms with Crippen molar-refractivity contribution >= 4 is 40.0 Å². The fourth-order valence-electron chi connectivity index (χ4n) is 2.90. The maximum atomic E-state index is 12.8. The number of aromatic nitrogens is 1. The van der Waals surface area contributed by atoms with E-state index in [2.05, 4.69) is 10.3 Å². The Morgan fingerprint density at radius 3 is 2.33 bits per heavy atom. The van der Waals surface area contributed by atoms with Crippen LogP contribution in [0.5, 0.6) is 11.5 Å². The number of nitrogens with zero attached hydrogens (tertiary/aromatic N) is 1. The summed E-state index contributed by atoms with van der Waals surface area (Å²) in [5.41, 5.74) is 0.370. The van der Waals surface area contributed by atoms with Crippen molar-refractivity contribution in [2.45, 2.75) is 0 Å². The molecule has 9 heteroatoms. The van der Waals surface area contributed by atoms with Gasteiger partial charge < -0.3 is 24.7 Å². The Bertz CT molecular complexity index is 1200. The fraction of sp³-hybridized carbons (Fsp3) is 0.190. The molecule has 0 atom stereocenters. The first-order valence-corrected chi connectivity index (χ1v) is 9.24.